The van der Waals surface area contributed by atoms with Crippen LogP contribution in [0.4, 0.5) is 0 Å². The maximum atomic E-state index is 13.2. The molecule has 5 aliphatic carbocycles. The van der Waals surface area contributed by atoms with Crippen LogP contribution in [0.5, 0.6) is 0 Å². The number of Topliss-reactive ketones (excluding diaryl/α,β-unsaturated/α-hetero) is 1. The van der Waals surface area contributed by atoms with E-state index < -0.39 is 16.8 Å². The monoisotopic (exact) mass is 482 g/mol. The fraction of sp³-hybridized carbons (Fsp3) is 0.806. The standard InChI is InChI=1S/C31H46O4/c1-18-10-13-31(26(34)35)15-14-29(6)21(24(31)19(18)2)8-9-23-28(5)16-20(17-32)25(33)27(3,4)22(28)11-12-30(23,29)7/h8,17-19,22-24,32H,9-16H2,1-7H3,(H,34,35)/b20-17-/t18-,19+,22+,23-,24+,28+,29-,30-,31+/m1/s1. The zero-order valence-electron chi connectivity index (χ0n) is 22.9. The van der Waals surface area contributed by atoms with E-state index >= 15 is 0 Å². The van der Waals surface area contributed by atoms with E-state index in [0.29, 0.717) is 29.7 Å². The smallest absolute Gasteiger partial charge is 0.310 e. The molecule has 0 aromatic heterocycles. The molecule has 0 heterocycles. The largest absolute Gasteiger partial charge is 0.515 e. The molecule has 194 valence electrons. The minimum absolute atomic E-state index is 0.0342. The van der Waals surface area contributed by atoms with E-state index in [2.05, 4.69) is 54.5 Å². The second-order valence-corrected chi connectivity index (χ2v) is 14.5. The molecule has 4 saturated carbocycles. The van der Waals surface area contributed by atoms with Crippen molar-refractivity contribution in [1.82, 2.24) is 0 Å². The van der Waals surface area contributed by atoms with Gasteiger partial charge in [0.1, 0.15) is 0 Å². The number of fused-ring (bicyclic) bond motifs is 7. The van der Waals surface area contributed by atoms with Crippen molar-refractivity contribution in [1.29, 1.82) is 0 Å². The summed E-state index contributed by atoms with van der Waals surface area (Å²) in [4.78, 5) is 26.1. The normalized spacial score (nSPS) is 52.0. The molecule has 0 aliphatic heterocycles. The van der Waals surface area contributed by atoms with Crippen molar-refractivity contribution in [2.45, 2.75) is 99.8 Å². The molecule has 0 unspecified atom stereocenters. The summed E-state index contributed by atoms with van der Waals surface area (Å²) in [5.41, 5.74) is 0.866. The van der Waals surface area contributed by atoms with Crippen LogP contribution in [0.25, 0.3) is 0 Å². The van der Waals surface area contributed by atoms with Gasteiger partial charge >= 0.3 is 5.97 Å². The Bertz CT molecular complexity index is 1020. The lowest BCUT2D eigenvalue weighted by Crippen LogP contribution is -2.65. The number of rotatable bonds is 1. The van der Waals surface area contributed by atoms with Crippen molar-refractivity contribution in [3.63, 3.8) is 0 Å². The average Bonchev–Trinajstić information content (AvgIpc) is 2.79. The molecule has 0 spiro atoms. The topological polar surface area (TPSA) is 74.6 Å². The third-order valence-electron chi connectivity index (χ3n) is 13.2. The number of allylic oxidation sites excluding steroid dienone is 3. The van der Waals surface area contributed by atoms with Crippen LogP contribution in [0.3, 0.4) is 0 Å². The number of ketones is 1. The van der Waals surface area contributed by atoms with Crippen molar-refractivity contribution < 1.29 is 19.8 Å². The predicted molar refractivity (Wildman–Crippen MR) is 138 cm³/mol. The molecule has 0 radical (unpaired) electrons. The van der Waals surface area contributed by atoms with Gasteiger partial charge in [0.05, 0.1) is 11.7 Å². The average molecular weight is 483 g/mol. The molecule has 5 rings (SSSR count). The van der Waals surface area contributed by atoms with Gasteiger partial charge in [0.25, 0.3) is 0 Å². The van der Waals surface area contributed by atoms with Crippen LogP contribution in [0.15, 0.2) is 23.5 Å². The Kier molecular flexibility index (Phi) is 5.36. The van der Waals surface area contributed by atoms with E-state index in [1.165, 1.54) is 5.57 Å². The summed E-state index contributed by atoms with van der Waals surface area (Å²) in [5.74, 6) is 1.24. The summed E-state index contributed by atoms with van der Waals surface area (Å²) in [5, 5.41) is 20.6. The number of aliphatic hydroxyl groups excluding tert-OH is 1. The Morgan fingerprint density at radius 3 is 2.31 bits per heavy atom. The fourth-order valence-electron chi connectivity index (χ4n) is 10.8. The summed E-state index contributed by atoms with van der Waals surface area (Å²) in [6.07, 6.45) is 10.8. The SMILES string of the molecule is C[C@H]1[C@H](C)CC[C@]2(C(=O)O)CC[C@]3(C)C(=CC[C@@H]4[C@@]5(C)C/C(=C/O)C(=O)C(C)(C)[C@@H]5CC[C@]43C)[C@H]12. The Balaban J connectivity index is 1.64. The number of carbonyl (C=O) groups is 2. The highest BCUT2D eigenvalue weighted by atomic mass is 16.4. The molecule has 0 aromatic rings. The lowest BCUT2D eigenvalue weighted by molar-refractivity contribution is -0.186. The molecular formula is C31H46O4. The zero-order valence-corrected chi connectivity index (χ0v) is 22.9. The lowest BCUT2D eigenvalue weighted by atomic mass is 9.33. The molecule has 9 atom stereocenters. The van der Waals surface area contributed by atoms with Gasteiger partial charge in [0.15, 0.2) is 5.78 Å². The van der Waals surface area contributed by atoms with Gasteiger partial charge in [-0.1, -0.05) is 60.1 Å². The van der Waals surface area contributed by atoms with Crippen molar-refractivity contribution >= 4 is 11.8 Å². The zero-order chi connectivity index (χ0) is 25.8. The van der Waals surface area contributed by atoms with Gasteiger partial charge in [-0.3, -0.25) is 9.59 Å². The highest BCUT2D eigenvalue weighted by Crippen LogP contribution is 2.75. The maximum Gasteiger partial charge on any atom is 0.310 e. The summed E-state index contributed by atoms with van der Waals surface area (Å²) in [6.45, 7) is 16.1. The summed E-state index contributed by atoms with van der Waals surface area (Å²) in [6, 6.07) is 0. The van der Waals surface area contributed by atoms with Gasteiger partial charge < -0.3 is 10.2 Å². The first-order valence-corrected chi connectivity index (χ1v) is 14.0. The van der Waals surface area contributed by atoms with Gasteiger partial charge in [0, 0.05) is 11.0 Å². The maximum absolute atomic E-state index is 13.2. The van der Waals surface area contributed by atoms with Crippen molar-refractivity contribution in [2.24, 2.45) is 56.7 Å². The molecule has 0 bridgehead atoms. The molecule has 2 N–H and O–H groups in total. The third-order valence-corrected chi connectivity index (χ3v) is 13.2. The van der Waals surface area contributed by atoms with Crippen molar-refractivity contribution in [2.75, 3.05) is 0 Å². The van der Waals surface area contributed by atoms with Crippen LogP contribution in [0.2, 0.25) is 0 Å². The van der Waals surface area contributed by atoms with E-state index in [9.17, 15) is 19.8 Å². The summed E-state index contributed by atoms with van der Waals surface area (Å²) in [7, 11) is 0. The second kappa shape index (κ2) is 7.48. The number of carboxylic acids is 1. The number of aliphatic hydroxyl groups is 1. The number of hydrogen-bond acceptors (Lipinski definition) is 3. The molecule has 0 saturated heterocycles. The molecule has 35 heavy (non-hydrogen) atoms. The minimum atomic E-state index is -0.617. The van der Waals surface area contributed by atoms with E-state index in [0.717, 1.165) is 51.2 Å². The third kappa shape index (κ3) is 2.86. The van der Waals surface area contributed by atoms with Crippen LogP contribution < -0.4 is 0 Å². The molecule has 0 aromatic carbocycles. The molecular weight excluding hydrogens is 436 g/mol. The molecule has 0 amide bonds. The van der Waals surface area contributed by atoms with Gasteiger partial charge in [-0.25, -0.2) is 0 Å². The Morgan fingerprint density at radius 1 is 1.00 bits per heavy atom. The van der Waals surface area contributed by atoms with Gasteiger partial charge in [-0.2, -0.15) is 0 Å². The Hall–Kier alpha value is -1.58. The Morgan fingerprint density at radius 2 is 1.69 bits per heavy atom. The summed E-state index contributed by atoms with van der Waals surface area (Å²) >= 11 is 0. The highest BCUT2D eigenvalue weighted by molar-refractivity contribution is 6.00. The first-order valence-electron chi connectivity index (χ1n) is 14.0. The van der Waals surface area contributed by atoms with Gasteiger partial charge in [-0.05, 0) is 97.2 Å². The number of aliphatic carboxylic acids is 1. The van der Waals surface area contributed by atoms with Crippen LogP contribution in [-0.4, -0.2) is 22.0 Å². The lowest BCUT2D eigenvalue weighted by Gasteiger charge is -2.70. The number of carboxylic acid groups (broad SMARTS) is 1. The van der Waals surface area contributed by atoms with Crippen LogP contribution in [0.1, 0.15) is 99.8 Å². The van der Waals surface area contributed by atoms with Crippen LogP contribution in [-0.2, 0) is 9.59 Å². The minimum Gasteiger partial charge on any atom is -0.515 e. The second-order valence-electron chi connectivity index (χ2n) is 14.5. The van der Waals surface area contributed by atoms with Crippen molar-refractivity contribution in [3.8, 4) is 0 Å². The highest BCUT2D eigenvalue weighted by Gasteiger charge is 2.70. The first kappa shape index (κ1) is 25.1. The first-order chi connectivity index (χ1) is 16.2. The van der Waals surface area contributed by atoms with Crippen LogP contribution in [0, 0.1) is 56.7 Å². The molecule has 4 nitrogen and oxygen atoms in total. The number of carbonyl (C=O) groups excluding carboxylic acids is 1. The van der Waals surface area contributed by atoms with Gasteiger partial charge in [-0.15, -0.1) is 0 Å². The van der Waals surface area contributed by atoms with E-state index in [-0.39, 0.29) is 33.9 Å². The van der Waals surface area contributed by atoms with Crippen LogP contribution >= 0.6 is 0 Å². The quantitative estimate of drug-likeness (QED) is 0.233. The van der Waals surface area contributed by atoms with Crippen molar-refractivity contribution in [3.05, 3.63) is 23.5 Å². The Labute approximate surface area is 211 Å². The molecule has 4 heteroatoms. The molecule has 4 fully saturated rings. The fourth-order valence-corrected chi connectivity index (χ4v) is 10.8. The van der Waals surface area contributed by atoms with E-state index in [1.807, 2.05) is 0 Å². The molecule has 5 aliphatic rings. The van der Waals surface area contributed by atoms with Gasteiger partial charge in [0.2, 0.25) is 0 Å². The predicted octanol–water partition coefficient (Wildman–Crippen LogP) is 7.35. The van der Waals surface area contributed by atoms with E-state index in [1.54, 1.807) is 0 Å². The number of hydrogen-bond donors (Lipinski definition) is 2. The van der Waals surface area contributed by atoms with E-state index in [4.69, 9.17) is 0 Å². The summed E-state index contributed by atoms with van der Waals surface area (Å²) < 4.78 is 0.